The van der Waals surface area contributed by atoms with Crippen molar-refractivity contribution in [3.8, 4) is 11.5 Å². The van der Waals surface area contributed by atoms with E-state index >= 15 is 0 Å². The number of fused-ring (bicyclic) bond motifs is 2. The normalized spacial score (nSPS) is 16.6. The number of carbonyl (C=O) groups excluding carboxylic acids is 3. The summed E-state index contributed by atoms with van der Waals surface area (Å²) in [7, 11) is 3.17. The number of nitrogens with zero attached hydrogens (tertiary/aromatic N) is 2. The van der Waals surface area contributed by atoms with E-state index in [4.69, 9.17) is 9.47 Å². The first-order valence-corrected chi connectivity index (χ1v) is 12.3. The number of ether oxygens (including phenoxy) is 2. The van der Waals surface area contributed by atoms with Crippen LogP contribution in [0.4, 0.5) is 5.69 Å². The Labute approximate surface area is 215 Å². The van der Waals surface area contributed by atoms with Gasteiger partial charge in [0.15, 0.2) is 0 Å². The van der Waals surface area contributed by atoms with Crippen molar-refractivity contribution in [3.63, 3.8) is 0 Å². The minimum atomic E-state index is -0.454. The molecule has 3 aromatic carbocycles. The fourth-order valence-corrected chi connectivity index (χ4v) is 5.06. The zero-order valence-electron chi connectivity index (χ0n) is 20.9. The smallest absolute Gasteiger partial charge is 0.256 e. The Morgan fingerprint density at radius 2 is 1.84 bits per heavy atom. The van der Waals surface area contributed by atoms with E-state index in [1.807, 2.05) is 30.3 Å². The van der Waals surface area contributed by atoms with E-state index in [9.17, 15) is 14.4 Å². The second-order valence-electron chi connectivity index (χ2n) is 9.16. The Hall–Kier alpha value is -4.33. The number of nitrogens with one attached hydrogen (secondary N) is 1. The summed E-state index contributed by atoms with van der Waals surface area (Å²) in [6, 6.07) is 19.4. The summed E-state index contributed by atoms with van der Waals surface area (Å²) in [5.41, 5.74) is 3.21. The van der Waals surface area contributed by atoms with Gasteiger partial charge in [0.2, 0.25) is 5.91 Å². The molecule has 1 unspecified atom stereocenters. The molecule has 2 aliphatic rings. The zero-order chi connectivity index (χ0) is 25.9. The number of methoxy groups -OCH3 is 2. The SMILES string of the molecule is COc1ccc(OC)c(CNC(=O)c2cccc(CN3C(=O)C4CCCN4C(=O)c4ccccc43)c2)c1. The Morgan fingerprint density at radius 1 is 1.00 bits per heavy atom. The third-order valence-corrected chi connectivity index (χ3v) is 6.95. The van der Waals surface area contributed by atoms with Crippen molar-refractivity contribution in [2.24, 2.45) is 0 Å². The third kappa shape index (κ3) is 4.74. The monoisotopic (exact) mass is 499 g/mol. The number of benzene rings is 3. The van der Waals surface area contributed by atoms with Crippen molar-refractivity contribution in [1.82, 2.24) is 10.2 Å². The van der Waals surface area contributed by atoms with Gasteiger partial charge in [0, 0.05) is 24.2 Å². The molecule has 3 aromatic rings. The Morgan fingerprint density at radius 3 is 2.65 bits per heavy atom. The standard InChI is InChI=1S/C29H29N3O5/c1-36-22-12-13-26(37-2)21(16-22)17-30-27(33)20-8-5-7-19(15-20)18-32-24-10-4-3-9-23(24)28(34)31-14-6-11-25(31)29(32)35/h3-5,7-10,12-13,15-16,25H,6,11,14,17-18H2,1-2H3,(H,30,33). The van der Waals surface area contributed by atoms with E-state index in [1.54, 1.807) is 60.4 Å². The zero-order valence-corrected chi connectivity index (χ0v) is 20.9. The summed E-state index contributed by atoms with van der Waals surface area (Å²) in [4.78, 5) is 43.1. The predicted octanol–water partition coefficient (Wildman–Crippen LogP) is 3.79. The van der Waals surface area contributed by atoms with E-state index < -0.39 is 6.04 Å². The van der Waals surface area contributed by atoms with E-state index in [0.717, 1.165) is 17.5 Å². The maximum atomic E-state index is 13.6. The minimum absolute atomic E-state index is 0.0872. The number of hydrogen-bond acceptors (Lipinski definition) is 5. The van der Waals surface area contributed by atoms with Crippen LogP contribution in [0.25, 0.3) is 0 Å². The summed E-state index contributed by atoms with van der Waals surface area (Å²) >= 11 is 0. The molecular formula is C29H29N3O5. The van der Waals surface area contributed by atoms with Gasteiger partial charge in [0.05, 0.1) is 32.0 Å². The first kappa shape index (κ1) is 24.4. The molecule has 5 rings (SSSR count). The molecule has 3 amide bonds. The van der Waals surface area contributed by atoms with Crippen LogP contribution in [0.5, 0.6) is 11.5 Å². The van der Waals surface area contributed by atoms with Gasteiger partial charge in [-0.05, 0) is 60.9 Å². The summed E-state index contributed by atoms with van der Waals surface area (Å²) in [6.07, 6.45) is 1.47. The largest absolute Gasteiger partial charge is 0.497 e. The van der Waals surface area contributed by atoms with Gasteiger partial charge in [-0.25, -0.2) is 0 Å². The van der Waals surface area contributed by atoms with E-state index in [0.29, 0.717) is 41.3 Å². The van der Waals surface area contributed by atoms with Gasteiger partial charge in [-0.15, -0.1) is 0 Å². The van der Waals surface area contributed by atoms with Gasteiger partial charge in [-0.2, -0.15) is 0 Å². The molecule has 2 heterocycles. The number of para-hydroxylation sites is 1. The lowest BCUT2D eigenvalue weighted by atomic mass is 10.1. The first-order valence-electron chi connectivity index (χ1n) is 12.3. The van der Waals surface area contributed by atoms with Crippen LogP contribution in [0.3, 0.4) is 0 Å². The molecule has 1 saturated heterocycles. The lowest BCUT2D eigenvalue weighted by Crippen LogP contribution is -2.44. The molecule has 0 saturated carbocycles. The third-order valence-electron chi connectivity index (χ3n) is 6.95. The minimum Gasteiger partial charge on any atom is -0.497 e. The Balaban J connectivity index is 1.36. The highest BCUT2D eigenvalue weighted by Gasteiger charge is 2.41. The van der Waals surface area contributed by atoms with Gasteiger partial charge in [-0.3, -0.25) is 14.4 Å². The quantitative estimate of drug-likeness (QED) is 0.535. The molecular weight excluding hydrogens is 470 g/mol. The van der Waals surface area contributed by atoms with Gasteiger partial charge in [0.25, 0.3) is 11.8 Å². The summed E-state index contributed by atoms with van der Waals surface area (Å²) < 4.78 is 10.7. The first-order chi connectivity index (χ1) is 18.0. The van der Waals surface area contributed by atoms with Crippen LogP contribution in [0.15, 0.2) is 66.7 Å². The van der Waals surface area contributed by atoms with E-state index in [1.165, 1.54) is 0 Å². The van der Waals surface area contributed by atoms with Crippen molar-refractivity contribution in [2.75, 3.05) is 25.7 Å². The highest BCUT2D eigenvalue weighted by molar-refractivity contribution is 6.11. The summed E-state index contributed by atoms with van der Waals surface area (Å²) in [5, 5.41) is 2.94. The number of anilines is 1. The van der Waals surface area contributed by atoms with Crippen LogP contribution in [0.2, 0.25) is 0 Å². The predicted molar refractivity (Wildman–Crippen MR) is 139 cm³/mol. The fraction of sp³-hybridized carbons (Fsp3) is 0.276. The van der Waals surface area contributed by atoms with Crippen LogP contribution in [-0.2, 0) is 17.9 Å². The maximum Gasteiger partial charge on any atom is 0.256 e. The maximum absolute atomic E-state index is 13.6. The van der Waals surface area contributed by atoms with Crippen molar-refractivity contribution in [1.29, 1.82) is 0 Å². The van der Waals surface area contributed by atoms with Crippen LogP contribution >= 0.6 is 0 Å². The lowest BCUT2D eigenvalue weighted by Gasteiger charge is -2.26. The molecule has 0 aliphatic carbocycles. The molecule has 0 bridgehead atoms. The van der Waals surface area contributed by atoms with Crippen LogP contribution < -0.4 is 19.7 Å². The summed E-state index contributed by atoms with van der Waals surface area (Å²) in [6.45, 7) is 1.12. The highest BCUT2D eigenvalue weighted by Crippen LogP contribution is 2.33. The highest BCUT2D eigenvalue weighted by atomic mass is 16.5. The molecule has 8 heteroatoms. The Kier molecular flexibility index (Phi) is 6.81. The van der Waals surface area contributed by atoms with Crippen molar-refractivity contribution in [2.45, 2.75) is 32.0 Å². The molecule has 1 fully saturated rings. The van der Waals surface area contributed by atoms with Crippen LogP contribution in [-0.4, -0.2) is 49.4 Å². The molecule has 37 heavy (non-hydrogen) atoms. The lowest BCUT2D eigenvalue weighted by molar-refractivity contribution is -0.122. The van der Waals surface area contributed by atoms with Gasteiger partial charge in [0.1, 0.15) is 17.5 Å². The average molecular weight is 500 g/mol. The van der Waals surface area contributed by atoms with Gasteiger partial charge < -0.3 is 24.6 Å². The number of hydrogen-bond donors (Lipinski definition) is 1. The topological polar surface area (TPSA) is 88.2 Å². The molecule has 0 radical (unpaired) electrons. The molecule has 0 aromatic heterocycles. The second kappa shape index (κ2) is 10.3. The molecule has 1 N–H and O–H groups in total. The average Bonchev–Trinajstić information content (AvgIpc) is 3.41. The molecule has 0 spiro atoms. The van der Waals surface area contributed by atoms with Crippen molar-refractivity contribution < 1.29 is 23.9 Å². The van der Waals surface area contributed by atoms with Crippen LogP contribution in [0.1, 0.15) is 44.7 Å². The molecule has 1 atom stereocenters. The molecule has 2 aliphatic heterocycles. The van der Waals surface area contributed by atoms with Crippen LogP contribution in [0, 0.1) is 0 Å². The fourth-order valence-electron chi connectivity index (χ4n) is 5.06. The number of carbonyl (C=O) groups is 3. The van der Waals surface area contributed by atoms with E-state index in [-0.39, 0.29) is 30.8 Å². The number of rotatable bonds is 7. The van der Waals surface area contributed by atoms with E-state index in [2.05, 4.69) is 5.32 Å². The van der Waals surface area contributed by atoms with Crippen molar-refractivity contribution >= 4 is 23.4 Å². The Bertz CT molecular complexity index is 1350. The van der Waals surface area contributed by atoms with Gasteiger partial charge >= 0.3 is 0 Å². The molecule has 8 nitrogen and oxygen atoms in total. The van der Waals surface area contributed by atoms with Crippen molar-refractivity contribution in [3.05, 3.63) is 89.0 Å². The number of amides is 3. The van der Waals surface area contributed by atoms with Gasteiger partial charge in [-0.1, -0.05) is 24.3 Å². The summed E-state index contributed by atoms with van der Waals surface area (Å²) in [5.74, 6) is 0.898. The second-order valence-corrected chi connectivity index (χ2v) is 9.16. The molecule has 190 valence electrons.